The van der Waals surface area contributed by atoms with E-state index in [1.165, 1.54) is 0 Å². The summed E-state index contributed by atoms with van der Waals surface area (Å²) in [6.45, 7) is 0.907. The Balaban J connectivity index is 1.95. The number of para-hydroxylation sites is 1. The summed E-state index contributed by atoms with van der Waals surface area (Å²) >= 11 is 6.02. The van der Waals surface area contributed by atoms with Crippen LogP contribution in [-0.4, -0.2) is 19.5 Å². The number of benzene rings is 2. The Labute approximate surface area is 134 Å². The lowest BCUT2D eigenvalue weighted by Crippen LogP contribution is -3.08. The van der Waals surface area contributed by atoms with Crippen molar-refractivity contribution in [3.8, 4) is 6.07 Å². The van der Waals surface area contributed by atoms with Gasteiger partial charge < -0.3 is 10.2 Å². The first-order chi connectivity index (χ1) is 10.6. The van der Waals surface area contributed by atoms with Gasteiger partial charge in [0.15, 0.2) is 6.54 Å². The lowest BCUT2D eigenvalue weighted by molar-refractivity contribution is -0.885. The molecule has 0 aromatic heterocycles. The molecule has 0 bridgehead atoms. The summed E-state index contributed by atoms with van der Waals surface area (Å²) in [6, 6.07) is 16.7. The van der Waals surface area contributed by atoms with Crippen LogP contribution in [-0.2, 0) is 11.3 Å². The van der Waals surface area contributed by atoms with Gasteiger partial charge in [0.25, 0.3) is 5.91 Å². The molecule has 0 fully saturated rings. The van der Waals surface area contributed by atoms with Crippen molar-refractivity contribution in [2.24, 2.45) is 0 Å². The highest BCUT2D eigenvalue weighted by atomic mass is 35.5. The van der Waals surface area contributed by atoms with Crippen LogP contribution in [0.2, 0.25) is 5.02 Å². The van der Waals surface area contributed by atoms with Gasteiger partial charge in [-0.05, 0) is 18.2 Å². The summed E-state index contributed by atoms with van der Waals surface area (Å²) in [5.74, 6) is -0.111. The van der Waals surface area contributed by atoms with Gasteiger partial charge in [0.05, 0.1) is 29.4 Å². The third-order valence-electron chi connectivity index (χ3n) is 3.24. The third kappa shape index (κ3) is 4.32. The van der Waals surface area contributed by atoms with Crippen LogP contribution in [0.15, 0.2) is 48.5 Å². The topological polar surface area (TPSA) is 57.3 Å². The number of anilines is 1. The fourth-order valence-corrected chi connectivity index (χ4v) is 2.39. The second-order valence-electron chi connectivity index (χ2n) is 5.11. The lowest BCUT2D eigenvalue weighted by atomic mass is 10.1. The third-order valence-corrected chi connectivity index (χ3v) is 3.57. The summed E-state index contributed by atoms with van der Waals surface area (Å²) in [6.07, 6.45) is 0. The van der Waals surface area contributed by atoms with Gasteiger partial charge in [-0.3, -0.25) is 4.79 Å². The van der Waals surface area contributed by atoms with Crippen LogP contribution >= 0.6 is 11.6 Å². The van der Waals surface area contributed by atoms with Crippen molar-refractivity contribution < 1.29 is 9.69 Å². The Morgan fingerprint density at radius 2 is 1.91 bits per heavy atom. The van der Waals surface area contributed by atoms with Crippen molar-refractivity contribution in [3.05, 3.63) is 64.7 Å². The molecule has 0 heterocycles. The molecule has 0 saturated heterocycles. The highest BCUT2D eigenvalue weighted by Crippen LogP contribution is 2.19. The molecule has 4 nitrogen and oxygen atoms in total. The van der Waals surface area contributed by atoms with Crippen LogP contribution in [0, 0.1) is 11.3 Å². The number of halogens is 1. The molecular formula is C17H17ClN3O+. The van der Waals surface area contributed by atoms with Crippen LogP contribution < -0.4 is 10.2 Å². The number of rotatable bonds is 5. The number of nitrogens with zero attached hydrogens (tertiary/aromatic N) is 1. The van der Waals surface area contributed by atoms with E-state index < -0.39 is 0 Å². The molecular weight excluding hydrogens is 298 g/mol. The van der Waals surface area contributed by atoms with Gasteiger partial charge in [-0.1, -0.05) is 41.9 Å². The van der Waals surface area contributed by atoms with Crippen molar-refractivity contribution in [1.82, 2.24) is 0 Å². The molecule has 1 amide bonds. The minimum atomic E-state index is -0.111. The largest absolute Gasteiger partial charge is 0.326 e. The zero-order valence-corrected chi connectivity index (χ0v) is 13.0. The average molecular weight is 315 g/mol. The van der Waals surface area contributed by atoms with E-state index in [1.54, 1.807) is 18.2 Å². The van der Waals surface area contributed by atoms with Gasteiger partial charge in [-0.15, -0.1) is 0 Å². The van der Waals surface area contributed by atoms with E-state index in [0.29, 0.717) is 29.4 Å². The molecule has 2 rings (SSSR count). The fourth-order valence-electron chi connectivity index (χ4n) is 2.20. The van der Waals surface area contributed by atoms with Crippen molar-refractivity contribution in [2.45, 2.75) is 6.54 Å². The van der Waals surface area contributed by atoms with E-state index in [-0.39, 0.29) is 5.91 Å². The van der Waals surface area contributed by atoms with Crippen LogP contribution in [0.1, 0.15) is 11.1 Å². The predicted octanol–water partition coefficient (Wildman–Crippen LogP) is 1.87. The number of amides is 1. The molecule has 2 aromatic rings. The minimum Gasteiger partial charge on any atom is -0.326 e. The van der Waals surface area contributed by atoms with Crippen LogP contribution in [0.3, 0.4) is 0 Å². The maximum absolute atomic E-state index is 12.1. The first-order valence-corrected chi connectivity index (χ1v) is 7.31. The Bertz CT molecular complexity index is 709. The Kier molecular flexibility index (Phi) is 5.54. The molecule has 0 aliphatic heterocycles. The number of carbonyl (C=O) groups is 1. The van der Waals surface area contributed by atoms with E-state index in [0.717, 1.165) is 10.5 Å². The Hall–Kier alpha value is -2.35. The molecule has 0 radical (unpaired) electrons. The number of hydrogen-bond donors (Lipinski definition) is 2. The van der Waals surface area contributed by atoms with Crippen LogP contribution in [0.4, 0.5) is 5.69 Å². The second kappa shape index (κ2) is 7.60. The number of carbonyl (C=O) groups excluding carboxylic acids is 1. The van der Waals surface area contributed by atoms with Crippen LogP contribution in [0.25, 0.3) is 0 Å². The second-order valence-corrected chi connectivity index (χ2v) is 5.51. The van der Waals surface area contributed by atoms with E-state index >= 15 is 0 Å². The smallest absolute Gasteiger partial charge is 0.279 e. The Morgan fingerprint density at radius 3 is 2.64 bits per heavy atom. The van der Waals surface area contributed by atoms with Gasteiger partial charge in [0.1, 0.15) is 6.54 Å². The van der Waals surface area contributed by atoms with E-state index in [2.05, 4.69) is 11.4 Å². The van der Waals surface area contributed by atoms with Gasteiger partial charge in [-0.2, -0.15) is 5.26 Å². The number of quaternary nitrogens is 1. The first kappa shape index (κ1) is 16.0. The van der Waals surface area contributed by atoms with Gasteiger partial charge in [-0.25, -0.2) is 0 Å². The molecule has 22 heavy (non-hydrogen) atoms. The average Bonchev–Trinajstić information content (AvgIpc) is 2.50. The minimum absolute atomic E-state index is 0.111. The van der Waals surface area contributed by atoms with Crippen molar-refractivity contribution >= 4 is 23.2 Å². The molecule has 2 N–H and O–H groups in total. The van der Waals surface area contributed by atoms with E-state index in [1.807, 2.05) is 37.4 Å². The zero-order valence-electron chi connectivity index (χ0n) is 12.3. The van der Waals surface area contributed by atoms with Crippen LogP contribution in [0.5, 0.6) is 0 Å². The van der Waals surface area contributed by atoms with Crippen molar-refractivity contribution in [1.29, 1.82) is 5.26 Å². The normalized spacial score (nSPS) is 11.5. The van der Waals surface area contributed by atoms with Crippen molar-refractivity contribution in [2.75, 3.05) is 18.9 Å². The zero-order chi connectivity index (χ0) is 15.9. The molecule has 2 aromatic carbocycles. The van der Waals surface area contributed by atoms with Gasteiger partial charge in [0.2, 0.25) is 0 Å². The molecule has 112 valence electrons. The molecule has 0 saturated carbocycles. The number of likely N-dealkylation sites (N-methyl/N-ethyl adjacent to an activating group) is 1. The number of hydrogen-bond acceptors (Lipinski definition) is 2. The van der Waals surface area contributed by atoms with Crippen molar-refractivity contribution in [3.63, 3.8) is 0 Å². The molecule has 1 unspecified atom stereocenters. The summed E-state index contributed by atoms with van der Waals surface area (Å²) in [5.41, 5.74) is 2.20. The predicted molar refractivity (Wildman–Crippen MR) is 86.7 cm³/mol. The summed E-state index contributed by atoms with van der Waals surface area (Å²) in [4.78, 5) is 13.1. The Morgan fingerprint density at radius 1 is 1.23 bits per heavy atom. The fraction of sp³-hybridized carbons (Fsp3) is 0.176. The quantitative estimate of drug-likeness (QED) is 0.885. The molecule has 5 heteroatoms. The summed E-state index contributed by atoms with van der Waals surface area (Å²) < 4.78 is 0. The van der Waals surface area contributed by atoms with Gasteiger partial charge >= 0.3 is 0 Å². The monoisotopic (exact) mass is 314 g/mol. The first-order valence-electron chi connectivity index (χ1n) is 6.94. The maximum Gasteiger partial charge on any atom is 0.279 e. The maximum atomic E-state index is 12.1. The number of nitriles is 1. The molecule has 1 atom stereocenters. The summed E-state index contributed by atoms with van der Waals surface area (Å²) in [5, 5.41) is 12.4. The SMILES string of the molecule is C[NH+](CC(=O)Nc1ccccc1Cl)Cc1ccccc1C#N. The highest BCUT2D eigenvalue weighted by Gasteiger charge is 2.13. The van der Waals surface area contributed by atoms with E-state index in [4.69, 9.17) is 16.9 Å². The standard InChI is InChI=1S/C17H16ClN3O/c1-21(11-14-7-3-2-6-13(14)10-19)12-17(22)20-16-9-5-4-8-15(16)18/h2-9H,11-12H2,1H3,(H,20,22)/p+1. The lowest BCUT2D eigenvalue weighted by Gasteiger charge is -2.15. The molecule has 0 aliphatic rings. The molecule has 0 aliphatic carbocycles. The molecule has 0 spiro atoms. The van der Waals surface area contributed by atoms with E-state index in [9.17, 15) is 4.79 Å². The summed E-state index contributed by atoms with van der Waals surface area (Å²) in [7, 11) is 1.92. The highest BCUT2D eigenvalue weighted by molar-refractivity contribution is 6.33. The number of nitrogens with one attached hydrogen (secondary N) is 2. The van der Waals surface area contributed by atoms with Gasteiger partial charge in [0, 0.05) is 5.56 Å².